The van der Waals surface area contributed by atoms with Gasteiger partial charge in [-0.2, -0.15) is 0 Å². The van der Waals surface area contributed by atoms with E-state index < -0.39 is 5.60 Å². The van der Waals surface area contributed by atoms with Crippen molar-refractivity contribution in [3.05, 3.63) is 64.1 Å². The molecule has 6 heteroatoms. The standard InChI is InChI=1S/C16H10Br2N2O2/c17-10-7-5-9(6-8-10)13-14(18)20-22-16(13)11-3-1-2-4-12(11)19-15(16)21/h1-8,13H,(H,19,21). The van der Waals surface area contributed by atoms with Crippen LogP contribution in [0, 0.1) is 0 Å². The molecule has 1 N–H and O–H groups in total. The number of carbonyl (C=O) groups excluding carboxylic acids is 1. The van der Waals surface area contributed by atoms with Crippen molar-refractivity contribution in [2.24, 2.45) is 5.16 Å². The highest BCUT2D eigenvalue weighted by atomic mass is 79.9. The van der Waals surface area contributed by atoms with Gasteiger partial charge in [0.1, 0.15) is 4.62 Å². The van der Waals surface area contributed by atoms with Gasteiger partial charge in [-0.1, -0.05) is 51.4 Å². The number of oxime groups is 1. The first kappa shape index (κ1) is 14.0. The molecule has 2 aromatic rings. The molecular weight excluding hydrogens is 412 g/mol. The summed E-state index contributed by atoms with van der Waals surface area (Å²) in [5, 5.41) is 6.96. The highest BCUT2D eigenvalue weighted by molar-refractivity contribution is 9.18. The smallest absolute Gasteiger partial charge is 0.277 e. The average molecular weight is 422 g/mol. The fourth-order valence-corrected chi connectivity index (χ4v) is 3.97. The van der Waals surface area contributed by atoms with Crippen LogP contribution in [0.5, 0.6) is 0 Å². The number of hydrogen-bond donors (Lipinski definition) is 1. The number of para-hydroxylation sites is 1. The van der Waals surface area contributed by atoms with E-state index in [9.17, 15) is 4.79 Å². The van der Waals surface area contributed by atoms with E-state index in [2.05, 4.69) is 42.3 Å². The Morgan fingerprint density at radius 1 is 1.09 bits per heavy atom. The number of rotatable bonds is 1. The summed E-state index contributed by atoms with van der Waals surface area (Å²) < 4.78 is 1.59. The molecule has 2 aliphatic rings. The van der Waals surface area contributed by atoms with E-state index in [1.165, 1.54) is 0 Å². The minimum absolute atomic E-state index is 0.195. The molecule has 110 valence electrons. The summed E-state index contributed by atoms with van der Waals surface area (Å²) in [4.78, 5) is 18.4. The molecular formula is C16H10Br2N2O2. The fraction of sp³-hybridized carbons (Fsp3) is 0.125. The van der Waals surface area contributed by atoms with Gasteiger partial charge in [-0.3, -0.25) is 4.79 Å². The lowest BCUT2D eigenvalue weighted by molar-refractivity contribution is -0.139. The van der Waals surface area contributed by atoms with Crippen molar-refractivity contribution < 1.29 is 9.63 Å². The molecule has 1 amide bonds. The van der Waals surface area contributed by atoms with Crippen molar-refractivity contribution in [1.82, 2.24) is 0 Å². The van der Waals surface area contributed by atoms with Gasteiger partial charge in [0.15, 0.2) is 0 Å². The molecule has 22 heavy (non-hydrogen) atoms. The van der Waals surface area contributed by atoms with Crippen molar-refractivity contribution in [3.8, 4) is 0 Å². The molecule has 0 aromatic heterocycles. The van der Waals surface area contributed by atoms with Crippen LogP contribution in [0.3, 0.4) is 0 Å². The molecule has 0 aliphatic carbocycles. The van der Waals surface area contributed by atoms with Gasteiger partial charge in [0.05, 0.1) is 5.92 Å². The van der Waals surface area contributed by atoms with Crippen molar-refractivity contribution in [2.45, 2.75) is 11.5 Å². The zero-order valence-electron chi connectivity index (χ0n) is 11.2. The molecule has 1 spiro atoms. The molecule has 2 heterocycles. The highest BCUT2D eigenvalue weighted by Crippen LogP contribution is 2.52. The zero-order chi connectivity index (χ0) is 15.3. The maximum absolute atomic E-state index is 12.7. The molecule has 2 unspecified atom stereocenters. The molecule has 0 saturated heterocycles. The summed E-state index contributed by atoms with van der Waals surface area (Å²) >= 11 is 6.89. The first-order valence-corrected chi connectivity index (χ1v) is 8.29. The van der Waals surface area contributed by atoms with Gasteiger partial charge in [0.25, 0.3) is 11.5 Å². The zero-order valence-corrected chi connectivity index (χ0v) is 14.4. The summed E-state index contributed by atoms with van der Waals surface area (Å²) in [6, 6.07) is 15.4. The van der Waals surface area contributed by atoms with Crippen LogP contribution in [0.1, 0.15) is 17.0 Å². The van der Waals surface area contributed by atoms with Crippen LogP contribution in [0.2, 0.25) is 0 Å². The third kappa shape index (κ3) is 1.80. The molecule has 2 aliphatic heterocycles. The maximum Gasteiger partial charge on any atom is 0.277 e. The van der Waals surface area contributed by atoms with Crippen molar-refractivity contribution in [1.29, 1.82) is 0 Å². The third-order valence-electron chi connectivity index (χ3n) is 4.04. The Morgan fingerprint density at radius 3 is 2.59 bits per heavy atom. The second kappa shape index (κ2) is 4.93. The number of benzene rings is 2. The van der Waals surface area contributed by atoms with E-state index in [1.807, 2.05) is 48.5 Å². The second-order valence-corrected chi connectivity index (χ2v) is 6.95. The Labute approximate surface area is 143 Å². The van der Waals surface area contributed by atoms with Gasteiger partial charge < -0.3 is 10.2 Å². The predicted molar refractivity (Wildman–Crippen MR) is 91.1 cm³/mol. The van der Waals surface area contributed by atoms with E-state index in [4.69, 9.17) is 4.84 Å². The first-order valence-electron chi connectivity index (χ1n) is 6.71. The molecule has 2 atom stereocenters. The van der Waals surface area contributed by atoms with Crippen LogP contribution >= 0.6 is 31.9 Å². The molecule has 4 nitrogen and oxygen atoms in total. The van der Waals surface area contributed by atoms with Crippen LogP contribution in [-0.4, -0.2) is 10.5 Å². The van der Waals surface area contributed by atoms with E-state index in [0.717, 1.165) is 21.3 Å². The number of nitrogens with one attached hydrogen (secondary N) is 1. The monoisotopic (exact) mass is 420 g/mol. The number of fused-ring (bicyclic) bond motifs is 2. The Morgan fingerprint density at radius 2 is 1.82 bits per heavy atom. The van der Waals surface area contributed by atoms with Crippen LogP contribution in [0.25, 0.3) is 0 Å². The average Bonchev–Trinajstić information content (AvgIpc) is 3.00. The summed E-state index contributed by atoms with van der Waals surface area (Å²) in [5.41, 5.74) is 1.39. The van der Waals surface area contributed by atoms with Gasteiger partial charge >= 0.3 is 0 Å². The van der Waals surface area contributed by atoms with Crippen molar-refractivity contribution in [3.63, 3.8) is 0 Å². The van der Waals surface area contributed by atoms with Crippen molar-refractivity contribution >= 4 is 48.1 Å². The Hall–Kier alpha value is -1.66. The number of amides is 1. The lowest BCUT2D eigenvalue weighted by Crippen LogP contribution is -2.40. The van der Waals surface area contributed by atoms with Gasteiger partial charge in [-0.15, -0.1) is 0 Å². The predicted octanol–water partition coefficient (Wildman–Crippen LogP) is 4.12. The SMILES string of the molecule is O=C1Nc2ccccc2C12ON=C(Br)C2c1ccc(Br)cc1. The number of hydrogen-bond acceptors (Lipinski definition) is 3. The topological polar surface area (TPSA) is 50.7 Å². The van der Waals surface area contributed by atoms with Gasteiger partial charge in [-0.05, 0) is 39.7 Å². The number of nitrogens with zero attached hydrogens (tertiary/aromatic N) is 1. The Balaban J connectivity index is 1.91. The fourth-order valence-electron chi connectivity index (χ4n) is 3.05. The quantitative estimate of drug-likeness (QED) is 0.752. The third-order valence-corrected chi connectivity index (χ3v) is 5.17. The summed E-state index contributed by atoms with van der Waals surface area (Å²) in [6.07, 6.45) is 0. The summed E-state index contributed by atoms with van der Waals surface area (Å²) in [5.74, 6) is -0.510. The minimum Gasteiger partial charge on any atom is -0.372 e. The maximum atomic E-state index is 12.7. The van der Waals surface area contributed by atoms with Crippen LogP contribution in [-0.2, 0) is 15.2 Å². The van der Waals surface area contributed by atoms with Crippen LogP contribution in [0.15, 0.2) is 58.2 Å². The highest BCUT2D eigenvalue weighted by Gasteiger charge is 2.60. The van der Waals surface area contributed by atoms with Gasteiger partial charge in [0.2, 0.25) is 0 Å². The lowest BCUT2D eigenvalue weighted by atomic mass is 9.79. The molecule has 0 bridgehead atoms. The molecule has 0 fully saturated rings. The van der Waals surface area contributed by atoms with Crippen LogP contribution < -0.4 is 5.32 Å². The number of halogens is 2. The second-order valence-electron chi connectivity index (χ2n) is 5.23. The summed E-state index contributed by atoms with van der Waals surface area (Å²) in [7, 11) is 0. The molecule has 4 rings (SSSR count). The largest absolute Gasteiger partial charge is 0.372 e. The van der Waals surface area contributed by atoms with E-state index >= 15 is 0 Å². The van der Waals surface area contributed by atoms with E-state index in [0.29, 0.717) is 4.62 Å². The minimum atomic E-state index is -1.15. The normalized spacial score (nSPS) is 25.6. The number of carbonyl (C=O) groups is 1. The van der Waals surface area contributed by atoms with Crippen molar-refractivity contribution in [2.75, 3.05) is 5.32 Å². The molecule has 0 radical (unpaired) electrons. The molecule has 0 saturated carbocycles. The Kier molecular flexibility index (Phi) is 3.13. The van der Waals surface area contributed by atoms with Gasteiger partial charge in [-0.25, -0.2) is 0 Å². The van der Waals surface area contributed by atoms with Gasteiger partial charge in [0, 0.05) is 15.7 Å². The molecule has 2 aromatic carbocycles. The Bertz CT molecular complexity index is 804. The summed E-state index contributed by atoms with van der Waals surface area (Å²) in [6.45, 7) is 0. The van der Waals surface area contributed by atoms with E-state index in [1.54, 1.807) is 0 Å². The van der Waals surface area contributed by atoms with E-state index in [-0.39, 0.29) is 11.8 Å². The number of anilines is 1. The van der Waals surface area contributed by atoms with Crippen LogP contribution in [0.4, 0.5) is 5.69 Å². The lowest BCUT2D eigenvalue weighted by Gasteiger charge is -2.26. The first-order chi connectivity index (χ1) is 10.6.